The van der Waals surface area contributed by atoms with Crippen molar-refractivity contribution >= 4 is 35.0 Å². The number of aromatic nitrogens is 1. The average Bonchev–Trinajstić information content (AvgIpc) is 3.13. The summed E-state index contributed by atoms with van der Waals surface area (Å²) in [4.78, 5) is 31.5. The van der Waals surface area contributed by atoms with Gasteiger partial charge in [0.2, 0.25) is 0 Å². The van der Waals surface area contributed by atoms with Crippen molar-refractivity contribution in [3.8, 4) is 11.5 Å². The van der Waals surface area contributed by atoms with Crippen molar-refractivity contribution in [1.29, 1.82) is 0 Å². The van der Waals surface area contributed by atoms with Gasteiger partial charge in [-0.1, -0.05) is 35.1 Å². The number of ether oxygens (including phenoxy) is 3. The summed E-state index contributed by atoms with van der Waals surface area (Å²) in [5, 5.41) is 0.448. The number of allylic oxidation sites excluding steroid dienone is 1. The highest BCUT2D eigenvalue weighted by atomic mass is 35.5. The van der Waals surface area contributed by atoms with Crippen molar-refractivity contribution in [1.82, 2.24) is 4.57 Å². The second-order valence-corrected chi connectivity index (χ2v) is 9.13. The monoisotopic (exact) mass is 498 g/mol. The van der Waals surface area contributed by atoms with Gasteiger partial charge in [-0.3, -0.25) is 9.36 Å². The van der Waals surface area contributed by atoms with Gasteiger partial charge in [0.15, 0.2) is 4.80 Å². The van der Waals surface area contributed by atoms with Crippen LogP contribution in [0.5, 0.6) is 11.5 Å². The van der Waals surface area contributed by atoms with Crippen LogP contribution < -0.4 is 24.4 Å². The molecule has 2 aromatic carbocycles. The minimum Gasteiger partial charge on any atom is -0.496 e. The maximum atomic E-state index is 13.7. The first-order valence-electron chi connectivity index (χ1n) is 10.4. The summed E-state index contributed by atoms with van der Waals surface area (Å²) in [6.07, 6.45) is 1.79. The van der Waals surface area contributed by atoms with Crippen molar-refractivity contribution in [3.05, 3.63) is 89.1 Å². The van der Waals surface area contributed by atoms with Crippen LogP contribution in [0.1, 0.15) is 29.7 Å². The molecular weight excluding hydrogens is 476 g/mol. The number of benzene rings is 2. The quantitative estimate of drug-likeness (QED) is 0.504. The summed E-state index contributed by atoms with van der Waals surface area (Å²) < 4.78 is 18.0. The van der Waals surface area contributed by atoms with Gasteiger partial charge in [0, 0.05) is 10.6 Å². The van der Waals surface area contributed by atoms with E-state index in [1.165, 1.54) is 30.1 Å². The standard InChI is InChI=1S/C25H23ClN2O5S/c1-13-6-7-15(10-19(13)32-4)11-20-23(29)28-22(17-12-16(26)8-9-18(17)31-3)21(24(30)33-5)14(2)27-25(28)34-20/h6-12,22H,1-5H3/b20-11-/t22-/m1/s1. The molecule has 0 aliphatic carbocycles. The molecule has 4 rings (SSSR count). The minimum absolute atomic E-state index is 0.249. The fourth-order valence-electron chi connectivity index (χ4n) is 3.98. The third-order valence-electron chi connectivity index (χ3n) is 5.64. The van der Waals surface area contributed by atoms with E-state index in [1.54, 1.807) is 38.3 Å². The zero-order chi connectivity index (χ0) is 24.6. The maximum absolute atomic E-state index is 13.7. The molecule has 0 radical (unpaired) electrons. The molecule has 1 aliphatic heterocycles. The first-order valence-corrected chi connectivity index (χ1v) is 11.6. The van der Waals surface area contributed by atoms with Gasteiger partial charge in [-0.2, -0.15) is 0 Å². The summed E-state index contributed by atoms with van der Waals surface area (Å²) in [6.45, 7) is 3.67. The second-order valence-electron chi connectivity index (χ2n) is 7.69. The van der Waals surface area contributed by atoms with Crippen LogP contribution in [0.3, 0.4) is 0 Å². The van der Waals surface area contributed by atoms with Gasteiger partial charge in [0.1, 0.15) is 17.5 Å². The molecule has 1 atom stereocenters. The fourth-order valence-corrected chi connectivity index (χ4v) is 5.21. The Morgan fingerprint density at radius 3 is 2.50 bits per heavy atom. The van der Waals surface area contributed by atoms with Crippen LogP contribution in [-0.4, -0.2) is 31.9 Å². The Kier molecular flexibility index (Phi) is 6.63. The van der Waals surface area contributed by atoms with Crippen LogP contribution in [0, 0.1) is 6.92 Å². The summed E-state index contributed by atoms with van der Waals surface area (Å²) in [5.74, 6) is 0.640. The van der Waals surface area contributed by atoms with E-state index in [4.69, 9.17) is 25.8 Å². The average molecular weight is 499 g/mol. The molecular formula is C25H23ClN2O5S. The molecule has 1 aromatic heterocycles. The van der Waals surface area contributed by atoms with Gasteiger partial charge in [-0.25, -0.2) is 9.79 Å². The molecule has 0 spiro atoms. The van der Waals surface area contributed by atoms with Crippen molar-refractivity contribution in [2.45, 2.75) is 19.9 Å². The summed E-state index contributed by atoms with van der Waals surface area (Å²) in [5.41, 5.74) is 2.79. The molecule has 3 aromatic rings. The number of methoxy groups -OCH3 is 3. The van der Waals surface area contributed by atoms with Crippen molar-refractivity contribution < 1.29 is 19.0 Å². The molecule has 0 saturated carbocycles. The molecule has 2 heterocycles. The van der Waals surface area contributed by atoms with Crippen LogP contribution in [0.25, 0.3) is 6.08 Å². The lowest BCUT2D eigenvalue weighted by molar-refractivity contribution is -0.136. The van der Waals surface area contributed by atoms with E-state index in [0.29, 0.717) is 31.4 Å². The van der Waals surface area contributed by atoms with Crippen LogP contribution in [0.2, 0.25) is 5.02 Å². The Balaban J connectivity index is 2.01. The Labute approximate surface area is 205 Å². The molecule has 0 N–H and O–H groups in total. The highest BCUT2D eigenvalue weighted by Gasteiger charge is 2.35. The van der Waals surface area contributed by atoms with E-state index in [-0.39, 0.29) is 11.1 Å². The number of hydrogen-bond donors (Lipinski definition) is 0. The van der Waals surface area contributed by atoms with Crippen LogP contribution in [0.4, 0.5) is 0 Å². The van der Waals surface area contributed by atoms with E-state index >= 15 is 0 Å². The molecule has 0 saturated heterocycles. The zero-order valence-corrected chi connectivity index (χ0v) is 20.9. The normalized spacial score (nSPS) is 15.6. The number of nitrogens with zero attached hydrogens (tertiary/aromatic N) is 2. The van der Waals surface area contributed by atoms with Gasteiger partial charge < -0.3 is 14.2 Å². The predicted molar refractivity (Wildman–Crippen MR) is 132 cm³/mol. The number of esters is 1. The molecule has 1 aliphatic rings. The molecule has 176 valence electrons. The SMILES string of the molecule is COC(=O)C1=C(C)N=c2s/c(=C\c3ccc(C)c(OC)c3)c(=O)n2[C@@H]1c1cc(Cl)ccc1OC. The van der Waals surface area contributed by atoms with Crippen molar-refractivity contribution in [2.75, 3.05) is 21.3 Å². The number of aryl methyl sites for hydroxylation is 1. The summed E-state index contributed by atoms with van der Waals surface area (Å²) in [7, 11) is 4.43. The number of thiazole rings is 1. The summed E-state index contributed by atoms with van der Waals surface area (Å²) in [6, 6.07) is 9.99. The van der Waals surface area contributed by atoms with Crippen molar-refractivity contribution in [2.24, 2.45) is 4.99 Å². The largest absolute Gasteiger partial charge is 0.496 e. The van der Waals surface area contributed by atoms with Gasteiger partial charge >= 0.3 is 5.97 Å². The maximum Gasteiger partial charge on any atom is 0.338 e. The van der Waals surface area contributed by atoms with E-state index in [0.717, 1.165) is 16.9 Å². The fraction of sp³-hybridized carbons (Fsp3) is 0.240. The zero-order valence-electron chi connectivity index (χ0n) is 19.3. The number of rotatable bonds is 5. The first kappa shape index (κ1) is 23.8. The first-order chi connectivity index (χ1) is 16.3. The minimum atomic E-state index is -0.813. The molecule has 34 heavy (non-hydrogen) atoms. The van der Waals surface area contributed by atoms with Crippen LogP contribution >= 0.6 is 22.9 Å². The molecule has 0 amide bonds. The summed E-state index contributed by atoms with van der Waals surface area (Å²) >= 11 is 7.54. The second kappa shape index (κ2) is 9.48. The number of carbonyl (C=O) groups is 1. The highest BCUT2D eigenvalue weighted by Crippen LogP contribution is 2.37. The third-order valence-corrected chi connectivity index (χ3v) is 6.86. The molecule has 0 unspecified atom stereocenters. The topological polar surface area (TPSA) is 79.1 Å². The highest BCUT2D eigenvalue weighted by molar-refractivity contribution is 7.07. The van der Waals surface area contributed by atoms with Gasteiger partial charge in [-0.05, 0) is 55.3 Å². The number of halogens is 1. The smallest absolute Gasteiger partial charge is 0.338 e. The van der Waals surface area contributed by atoms with Gasteiger partial charge in [0.25, 0.3) is 5.56 Å². The van der Waals surface area contributed by atoms with E-state index in [9.17, 15) is 9.59 Å². The van der Waals surface area contributed by atoms with E-state index < -0.39 is 12.0 Å². The van der Waals surface area contributed by atoms with Crippen LogP contribution in [0.15, 0.2) is 57.5 Å². The van der Waals surface area contributed by atoms with Gasteiger partial charge in [-0.15, -0.1) is 0 Å². The Morgan fingerprint density at radius 2 is 1.82 bits per heavy atom. The molecule has 0 fully saturated rings. The lowest BCUT2D eigenvalue weighted by atomic mass is 9.95. The van der Waals surface area contributed by atoms with Crippen molar-refractivity contribution in [3.63, 3.8) is 0 Å². The number of carbonyl (C=O) groups excluding carboxylic acids is 1. The number of fused-ring (bicyclic) bond motifs is 1. The lowest BCUT2D eigenvalue weighted by Crippen LogP contribution is -2.40. The lowest BCUT2D eigenvalue weighted by Gasteiger charge is -2.25. The Morgan fingerprint density at radius 1 is 1.09 bits per heavy atom. The molecule has 0 bridgehead atoms. The molecule has 7 nitrogen and oxygen atoms in total. The molecule has 9 heteroatoms. The van der Waals surface area contributed by atoms with E-state index in [1.807, 2.05) is 25.1 Å². The van der Waals surface area contributed by atoms with Gasteiger partial charge in [0.05, 0.1) is 37.1 Å². The Hall–Kier alpha value is -3.36. The number of hydrogen-bond acceptors (Lipinski definition) is 7. The van der Waals surface area contributed by atoms with Crippen LogP contribution in [-0.2, 0) is 9.53 Å². The third kappa shape index (κ3) is 4.15. The van der Waals surface area contributed by atoms with E-state index in [2.05, 4.69) is 4.99 Å². The predicted octanol–water partition coefficient (Wildman–Crippen LogP) is 3.39. The Bertz CT molecular complexity index is 1500.